The summed E-state index contributed by atoms with van der Waals surface area (Å²) in [6.45, 7) is 1.69. The summed E-state index contributed by atoms with van der Waals surface area (Å²) in [5.41, 5.74) is -0.683. The van der Waals surface area contributed by atoms with Gasteiger partial charge in [-0.3, -0.25) is 10.1 Å². The molecule has 18 heavy (non-hydrogen) atoms. The predicted octanol–water partition coefficient (Wildman–Crippen LogP) is 1.48. The number of aliphatic hydroxyl groups excluding tert-OH is 1. The molecule has 1 aromatic rings. The lowest BCUT2D eigenvalue weighted by Gasteiger charge is -2.14. The Morgan fingerprint density at radius 2 is 2.22 bits per heavy atom. The number of nitro groups is 1. The maximum Gasteiger partial charge on any atom is 0.342 e. The fourth-order valence-corrected chi connectivity index (χ4v) is 1.56. The Labute approximate surface area is 103 Å². The number of anilines is 1. The van der Waals surface area contributed by atoms with Crippen LogP contribution in [0.25, 0.3) is 0 Å². The minimum absolute atomic E-state index is 0.0550. The molecule has 0 spiro atoms. The van der Waals surface area contributed by atoms with E-state index in [1.54, 1.807) is 6.92 Å². The van der Waals surface area contributed by atoms with Crippen molar-refractivity contribution in [2.75, 3.05) is 11.9 Å². The Bertz CT molecular complexity index is 461. The number of nitrogens with zero attached hydrogens (tertiary/aromatic N) is 1. The first-order chi connectivity index (χ1) is 8.47. The highest BCUT2D eigenvalue weighted by Gasteiger charge is 2.24. The molecule has 1 rings (SSSR count). The largest absolute Gasteiger partial charge is 0.477 e. The van der Waals surface area contributed by atoms with Crippen molar-refractivity contribution in [3.8, 4) is 0 Å². The lowest BCUT2D eigenvalue weighted by molar-refractivity contribution is -0.384. The number of aromatic carboxylic acids is 1. The van der Waals surface area contributed by atoms with Crippen LogP contribution in [0.1, 0.15) is 23.7 Å². The van der Waals surface area contributed by atoms with Crippen molar-refractivity contribution in [3.63, 3.8) is 0 Å². The molecule has 0 heterocycles. The van der Waals surface area contributed by atoms with Gasteiger partial charge in [0.15, 0.2) is 0 Å². The quantitative estimate of drug-likeness (QED) is 0.523. The molecule has 98 valence electrons. The summed E-state index contributed by atoms with van der Waals surface area (Å²) < 4.78 is 0. The fraction of sp³-hybridized carbons (Fsp3) is 0.364. The minimum atomic E-state index is -1.35. The van der Waals surface area contributed by atoms with Crippen LogP contribution in [0.15, 0.2) is 18.2 Å². The molecule has 0 aliphatic heterocycles. The summed E-state index contributed by atoms with van der Waals surface area (Å²) in [7, 11) is 0. The van der Waals surface area contributed by atoms with Gasteiger partial charge in [0.2, 0.25) is 0 Å². The van der Waals surface area contributed by atoms with E-state index in [4.69, 9.17) is 10.2 Å². The van der Waals surface area contributed by atoms with Crippen LogP contribution in [-0.4, -0.2) is 33.8 Å². The highest BCUT2D eigenvalue weighted by molar-refractivity contribution is 5.95. The summed E-state index contributed by atoms with van der Waals surface area (Å²) >= 11 is 0. The van der Waals surface area contributed by atoms with Gasteiger partial charge in [0.25, 0.3) is 0 Å². The van der Waals surface area contributed by atoms with E-state index < -0.39 is 16.6 Å². The van der Waals surface area contributed by atoms with Crippen LogP contribution < -0.4 is 5.32 Å². The Balaban J connectivity index is 3.15. The van der Waals surface area contributed by atoms with Gasteiger partial charge in [0.1, 0.15) is 11.3 Å². The standard InChI is InChI=1S/C11H14N2O5/c1-7(5-6-14)12-9-4-2-3-8(11(15)16)10(9)13(17)18/h2-4,7,12,14H,5-6H2,1H3,(H,15,16). The Kier molecular flexibility index (Phi) is 4.61. The van der Waals surface area contributed by atoms with Gasteiger partial charge in [-0.05, 0) is 25.5 Å². The summed E-state index contributed by atoms with van der Waals surface area (Å²) in [5, 5.41) is 31.4. The molecule has 3 N–H and O–H groups in total. The van der Waals surface area contributed by atoms with Gasteiger partial charge in [-0.2, -0.15) is 0 Å². The first kappa shape index (κ1) is 13.9. The highest BCUT2D eigenvalue weighted by Crippen LogP contribution is 2.29. The fourth-order valence-electron chi connectivity index (χ4n) is 1.56. The van der Waals surface area contributed by atoms with Crippen molar-refractivity contribution < 1.29 is 19.9 Å². The van der Waals surface area contributed by atoms with Gasteiger partial charge >= 0.3 is 11.7 Å². The maximum atomic E-state index is 10.9. The summed E-state index contributed by atoms with van der Waals surface area (Å²) in [4.78, 5) is 21.1. The van der Waals surface area contributed by atoms with Gasteiger partial charge in [-0.1, -0.05) is 6.07 Å². The van der Waals surface area contributed by atoms with Crippen molar-refractivity contribution in [1.29, 1.82) is 0 Å². The molecular weight excluding hydrogens is 240 g/mol. The number of benzene rings is 1. The topological polar surface area (TPSA) is 113 Å². The molecule has 0 radical (unpaired) electrons. The number of aliphatic hydroxyl groups is 1. The zero-order chi connectivity index (χ0) is 13.7. The van der Waals surface area contributed by atoms with Crippen LogP contribution in [0.4, 0.5) is 11.4 Å². The SMILES string of the molecule is CC(CCO)Nc1cccc(C(=O)O)c1[N+](=O)[O-]. The van der Waals surface area contributed by atoms with Gasteiger partial charge in [0, 0.05) is 12.6 Å². The average Bonchev–Trinajstić information content (AvgIpc) is 2.28. The van der Waals surface area contributed by atoms with Crippen LogP contribution in [-0.2, 0) is 0 Å². The predicted molar refractivity (Wildman–Crippen MR) is 64.8 cm³/mol. The normalized spacial score (nSPS) is 11.9. The molecule has 7 heteroatoms. The van der Waals surface area contributed by atoms with E-state index in [1.807, 2.05) is 0 Å². The van der Waals surface area contributed by atoms with Crippen LogP contribution in [0.5, 0.6) is 0 Å². The number of nitro benzene ring substituents is 1. The number of hydrogen-bond donors (Lipinski definition) is 3. The third-order valence-corrected chi connectivity index (χ3v) is 2.41. The minimum Gasteiger partial charge on any atom is -0.477 e. The molecule has 0 fully saturated rings. The number of carboxylic acids is 1. The zero-order valence-corrected chi connectivity index (χ0v) is 9.79. The van der Waals surface area contributed by atoms with E-state index in [2.05, 4.69) is 5.32 Å². The third kappa shape index (κ3) is 3.17. The van der Waals surface area contributed by atoms with Gasteiger partial charge in [-0.25, -0.2) is 4.79 Å². The van der Waals surface area contributed by atoms with E-state index in [-0.39, 0.29) is 23.9 Å². The zero-order valence-electron chi connectivity index (χ0n) is 9.79. The third-order valence-electron chi connectivity index (χ3n) is 2.41. The second-order valence-corrected chi connectivity index (χ2v) is 3.82. The van der Waals surface area contributed by atoms with Crippen molar-refractivity contribution in [2.45, 2.75) is 19.4 Å². The number of rotatable bonds is 6. The van der Waals surface area contributed by atoms with Gasteiger partial charge in [-0.15, -0.1) is 0 Å². The van der Waals surface area contributed by atoms with E-state index in [0.29, 0.717) is 6.42 Å². The molecule has 0 aliphatic carbocycles. The molecule has 1 aromatic carbocycles. The molecule has 1 unspecified atom stereocenters. The number of hydrogen-bond acceptors (Lipinski definition) is 5. The van der Waals surface area contributed by atoms with Gasteiger partial charge < -0.3 is 15.5 Å². The lowest BCUT2D eigenvalue weighted by Crippen LogP contribution is -2.18. The van der Waals surface area contributed by atoms with Crippen molar-refractivity contribution in [1.82, 2.24) is 0 Å². The van der Waals surface area contributed by atoms with Crippen molar-refractivity contribution >= 4 is 17.3 Å². The number of carboxylic acid groups (broad SMARTS) is 1. The van der Waals surface area contributed by atoms with Crippen LogP contribution in [0, 0.1) is 10.1 Å². The summed E-state index contributed by atoms with van der Waals surface area (Å²) in [5.74, 6) is -1.35. The number of carbonyl (C=O) groups is 1. The second-order valence-electron chi connectivity index (χ2n) is 3.82. The van der Waals surface area contributed by atoms with E-state index >= 15 is 0 Å². The van der Waals surface area contributed by atoms with Gasteiger partial charge in [0.05, 0.1) is 4.92 Å². The second kappa shape index (κ2) is 5.97. The Morgan fingerprint density at radius 3 is 2.72 bits per heavy atom. The molecule has 0 bridgehead atoms. The smallest absolute Gasteiger partial charge is 0.342 e. The average molecular weight is 254 g/mol. The first-order valence-corrected chi connectivity index (χ1v) is 5.35. The molecule has 1 atom stereocenters. The molecule has 0 saturated heterocycles. The molecule has 0 aliphatic rings. The number of nitrogens with one attached hydrogen (secondary N) is 1. The summed E-state index contributed by atoms with van der Waals surface area (Å²) in [6.07, 6.45) is 0.411. The van der Waals surface area contributed by atoms with E-state index in [0.717, 1.165) is 0 Å². The molecule has 7 nitrogen and oxygen atoms in total. The Morgan fingerprint density at radius 1 is 1.56 bits per heavy atom. The number of para-hydroxylation sites is 1. The highest BCUT2D eigenvalue weighted by atomic mass is 16.6. The molecule has 0 saturated carbocycles. The van der Waals surface area contributed by atoms with E-state index in [1.165, 1.54) is 18.2 Å². The van der Waals surface area contributed by atoms with Crippen LogP contribution in [0.2, 0.25) is 0 Å². The first-order valence-electron chi connectivity index (χ1n) is 5.35. The summed E-state index contributed by atoms with van der Waals surface area (Å²) in [6, 6.07) is 3.86. The Hall–Kier alpha value is -2.15. The lowest BCUT2D eigenvalue weighted by atomic mass is 10.1. The van der Waals surface area contributed by atoms with Crippen LogP contribution >= 0.6 is 0 Å². The molecule has 0 amide bonds. The van der Waals surface area contributed by atoms with Crippen molar-refractivity contribution in [2.24, 2.45) is 0 Å². The maximum absolute atomic E-state index is 10.9. The molecule has 0 aromatic heterocycles. The monoisotopic (exact) mass is 254 g/mol. The van der Waals surface area contributed by atoms with Crippen LogP contribution in [0.3, 0.4) is 0 Å². The molecular formula is C11H14N2O5. The van der Waals surface area contributed by atoms with E-state index in [9.17, 15) is 14.9 Å². The van der Waals surface area contributed by atoms with Crippen molar-refractivity contribution in [3.05, 3.63) is 33.9 Å².